The smallest absolute Gasteiger partial charge is 0.448 e. The Bertz CT molecular complexity index is 791. The van der Waals surface area contributed by atoms with E-state index >= 15 is 0 Å². The number of nitrogens with one attached hydrogen (secondary N) is 2. The van der Waals surface area contributed by atoms with E-state index in [-0.39, 0.29) is 11.0 Å². The molecule has 2 rings (SSSR count). The molecule has 3 N–H and O–H groups in total. The van der Waals surface area contributed by atoms with Gasteiger partial charge in [0.15, 0.2) is 0 Å². The number of thiazole rings is 1. The van der Waals surface area contributed by atoms with E-state index < -0.39 is 17.5 Å². The van der Waals surface area contributed by atoms with Crippen LogP contribution in [0.4, 0.5) is 23.7 Å². The molecule has 0 aliphatic heterocycles. The molecule has 2 aromatic rings. The van der Waals surface area contributed by atoms with Crippen LogP contribution in [0.25, 0.3) is 16.3 Å². The van der Waals surface area contributed by atoms with Gasteiger partial charge in [-0.15, -0.1) is 11.3 Å². The zero-order valence-electron chi connectivity index (χ0n) is 13.2. The fourth-order valence-corrected chi connectivity index (χ4v) is 2.73. The molecule has 5 nitrogen and oxygen atoms in total. The van der Waals surface area contributed by atoms with Crippen molar-refractivity contribution in [1.82, 2.24) is 10.3 Å². The topological polar surface area (TPSA) is 74.2 Å². The highest BCUT2D eigenvalue weighted by atomic mass is 32.1. The summed E-state index contributed by atoms with van der Waals surface area (Å²) in [5.74, 6) is -1.70. The Morgan fingerprint density at radius 1 is 1.29 bits per heavy atom. The van der Waals surface area contributed by atoms with Crippen molar-refractivity contribution in [3.05, 3.63) is 29.0 Å². The number of aromatic nitrogens is 1. The molecular formula is C15H16F3N3O2S. The van der Waals surface area contributed by atoms with Crippen molar-refractivity contribution < 1.29 is 23.1 Å². The molecule has 0 fully saturated rings. The van der Waals surface area contributed by atoms with E-state index in [1.165, 1.54) is 0 Å². The van der Waals surface area contributed by atoms with Crippen molar-refractivity contribution >= 4 is 39.3 Å². The lowest BCUT2D eigenvalue weighted by Crippen LogP contribution is -2.43. The average molecular weight is 359 g/mol. The summed E-state index contributed by atoms with van der Waals surface area (Å²) in [4.78, 5) is 15.8. The normalized spacial score (nSPS) is 13.2. The number of rotatable bonds is 2. The SMILES string of the molecule is CC(C)(C)NC(=O)Nc1ccc2nc(C=C(O)C(F)(F)F)sc2c1. The number of carbonyl (C=O) groups excluding carboxylic acids is 1. The zero-order valence-corrected chi connectivity index (χ0v) is 14.0. The maximum atomic E-state index is 12.3. The Labute approximate surface area is 140 Å². The quantitative estimate of drug-likeness (QED) is 0.682. The number of aliphatic hydroxyl groups is 1. The molecule has 0 saturated heterocycles. The standard InChI is InChI=1S/C15H16F3N3O2S/c1-14(2,3)21-13(23)19-8-4-5-9-10(6-8)24-12(20-9)7-11(22)15(16,17)18/h4-7,22H,1-3H3,(H2,19,21,23). The number of amides is 2. The van der Waals surface area contributed by atoms with Crippen LogP contribution in [-0.4, -0.2) is 27.8 Å². The van der Waals surface area contributed by atoms with Crippen LogP contribution in [0.5, 0.6) is 0 Å². The number of anilines is 1. The first-order valence-electron chi connectivity index (χ1n) is 6.92. The number of hydrogen-bond donors (Lipinski definition) is 3. The molecule has 1 aromatic heterocycles. The first-order chi connectivity index (χ1) is 10.9. The van der Waals surface area contributed by atoms with E-state index in [9.17, 15) is 18.0 Å². The number of fused-ring (bicyclic) bond motifs is 1. The minimum atomic E-state index is -4.81. The Morgan fingerprint density at radius 2 is 1.96 bits per heavy atom. The lowest BCUT2D eigenvalue weighted by molar-refractivity contribution is -0.119. The summed E-state index contributed by atoms with van der Waals surface area (Å²) < 4.78 is 37.6. The third-order valence-electron chi connectivity index (χ3n) is 2.70. The van der Waals surface area contributed by atoms with Crippen molar-refractivity contribution in [2.45, 2.75) is 32.5 Å². The molecule has 0 bridgehead atoms. The van der Waals surface area contributed by atoms with Gasteiger partial charge in [0.25, 0.3) is 0 Å². The van der Waals surface area contributed by atoms with Crippen LogP contribution in [-0.2, 0) is 0 Å². The van der Waals surface area contributed by atoms with Crippen LogP contribution in [0.15, 0.2) is 24.0 Å². The Balaban J connectivity index is 2.22. The van der Waals surface area contributed by atoms with E-state index in [0.29, 0.717) is 22.0 Å². The predicted octanol–water partition coefficient (Wildman–Crippen LogP) is 4.68. The van der Waals surface area contributed by atoms with E-state index in [0.717, 1.165) is 11.3 Å². The molecule has 0 spiro atoms. The third-order valence-corrected chi connectivity index (χ3v) is 3.67. The summed E-state index contributed by atoms with van der Waals surface area (Å²) in [7, 11) is 0. The third kappa shape index (κ3) is 4.85. The Morgan fingerprint density at radius 3 is 2.54 bits per heavy atom. The van der Waals surface area contributed by atoms with Crippen LogP contribution >= 0.6 is 11.3 Å². The zero-order chi connectivity index (χ0) is 18.1. The summed E-state index contributed by atoms with van der Waals surface area (Å²) in [6.07, 6.45) is -4.24. The lowest BCUT2D eigenvalue weighted by atomic mass is 10.1. The van der Waals surface area contributed by atoms with E-state index in [1.807, 2.05) is 20.8 Å². The molecule has 1 heterocycles. The van der Waals surface area contributed by atoms with Gasteiger partial charge in [-0.05, 0) is 39.0 Å². The van der Waals surface area contributed by atoms with Gasteiger partial charge in [-0.25, -0.2) is 9.78 Å². The van der Waals surface area contributed by atoms with Crippen LogP contribution in [0.3, 0.4) is 0 Å². The second kappa shape index (κ2) is 6.31. The molecule has 0 aliphatic rings. The van der Waals surface area contributed by atoms with E-state index in [4.69, 9.17) is 5.11 Å². The summed E-state index contributed by atoms with van der Waals surface area (Å²) in [6, 6.07) is 4.40. The van der Waals surface area contributed by atoms with E-state index in [2.05, 4.69) is 15.6 Å². The molecule has 2 amide bonds. The van der Waals surface area contributed by atoms with Gasteiger partial charge in [0.1, 0.15) is 5.01 Å². The van der Waals surface area contributed by atoms with Crippen molar-refractivity contribution in [2.75, 3.05) is 5.32 Å². The number of carbonyl (C=O) groups is 1. The number of halogens is 3. The first-order valence-corrected chi connectivity index (χ1v) is 7.73. The number of hydrogen-bond acceptors (Lipinski definition) is 4. The molecule has 9 heteroatoms. The van der Waals surface area contributed by atoms with Gasteiger partial charge in [0, 0.05) is 17.3 Å². The number of benzene rings is 1. The molecule has 0 unspecified atom stereocenters. The number of aliphatic hydroxyl groups excluding tert-OH is 1. The van der Waals surface area contributed by atoms with Gasteiger partial charge in [0.2, 0.25) is 5.76 Å². The fraction of sp³-hybridized carbons (Fsp3) is 0.333. The van der Waals surface area contributed by atoms with Gasteiger partial charge in [-0.3, -0.25) is 0 Å². The molecule has 24 heavy (non-hydrogen) atoms. The Kier molecular flexibility index (Phi) is 4.75. The maximum Gasteiger partial charge on any atom is 0.448 e. The van der Waals surface area contributed by atoms with Crippen LogP contribution in [0.2, 0.25) is 0 Å². The molecular weight excluding hydrogens is 343 g/mol. The number of allylic oxidation sites excluding steroid dienone is 1. The molecule has 0 saturated carbocycles. The largest absolute Gasteiger partial charge is 0.504 e. The highest BCUT2D eigenvalue weighted by Gasteiger charge is 2.34. The highest BCUT2D eigenvalue weighted by molar-refractivity contribution is 7.19. The average Bonchev–Trinajstić information content (AvgIpc) is 2.76. The highest BCUT2D eigenvalue weighted by Crippen LogP contribution is 2.30. The van der Waals surface area contributed by atoms with Crippen LogP contribution in [0, 0.1) is 0 Å². The summed E-state index contributed by atoms with van der Waals surface area (Å²) >= 11 is 0.977. The van der Waals surface area contributed by atoms with Crippen molar-refractivity contribution in [3.63, 3.8) is 0 Å². The van der Waals surface area contributed by atoms with Crippen LogP contribution in [0.1, 0.15) is 25.8 Å². The summed E-state index contributed by atoms with van der Waals surface area (Å²) in [6.45, 7) is 5.51. The van der Waals surface area contributed by atoms with Gasteiger partial charge in [-0.2, -0.15) is 13.2 Å². The minimum absolute atomic E-state index is 0.0242. The maximum absolute atomic E-state index is 12.3. The molecule has 0 atom stereocenters. The van der Waals surface area contributed by atoms with Gasteiger partial charge in [-0.1, -0.05) is 0 Å². The molecule has 0 aliphatic carbocycles. The summed E-state index contributed by atoms with van der Waals surface area (Å²) in [5, 5.41) is 14.4. The second-order valence-corrected chi connectivity index (χ2v) is 7.15. The van der Waals surface area contributed by atoms with Crippen molar-refractivity contribution in [3.8, 4) is 0 Å². The van der Waals surface area contributed by atoms with Gasteiger partial charge >= 0.3 is 12.2 Å². The predicted molar refractivity (Wildman–Crippen MR) is 88.2 cm³/mol. The van der Waals surface area contributed by atoms with Crippen molar-refractivity contribution in [2.24, 2.45) is 0 Å². The fourth-order valence-electron chi connectivity index (χ4n) is 1.78. The molecule has 130 valence electrons. The van der Waals surface area contributed by atoms with Gasteiger partial charge < -0.3 is 15.7 Å². The Hall–Kier alpha value is -2.29. The number of alkyl halides is 3. The summed E-state index contributed by atoms with van der Waals surface area (Å²) in [5.41, 5.74) is 0.567. The van der Waals surface area contributed by atoms with Crippen molar-refractivity contribution in [1.29, 1.82) is 0 Å². The van der Waals surface area contributed by atoms with Gasteiger partial charge in [0.05, 0.1) is 10.2 Å². The molecule has 0 radical (unpaired) electrons. The number of nitrogens with zero attached hydrogens (tertiary/aromatic N) is 1. The lowest BCUT2D eigenvalue weighted by Gasteiger charge is -2.20. The molecule has 1 aromatic carbocycles. The minimum Gasteiger partial charge on any atom is -0.504 e. The monoisotopic (exact) mass is 359 g/mol. The van der Waals surface area contributed by atoms with E-state index in [1.54, 1.807) is 18.2 Å². The van der Waals surface area contributed by atoms with Crippen LogP contribution < -0.4 is 10.6 Å². The second-order valence-electron chi connectivity index (χ2n) is 6.09. The first kappa shape index (κ1) is 18.1. The number of urea groups is 1.